The van der Waals surface area contributed by atoms with Crippen LogP contribution in [0, 0.1) is 0 Å². The van der Waals surface area contributed by atoms with Gasteiger partial charge in [0, 0.05) is 23.9 Å². The van der Waals surface area contributed by atoms with Crippen molar-refractivity contribution in [1.29, 1.82) is 0 Å². The molecule has 0 bridgehead atoms. The minimum Gasteiger partial charge on any atom is -0.273 e. The van der Waals surface area contributed by atoms with Gasteiger partial charge >= 0.3 is 0 Å². The van der Waals surface area contributed by atoms with E-state index in [0.717, 1.165) is 0 Å². The predicted molar refractivity (Wildman–Crippen MR) is 41.3 cm³/mol. The summed E-state index contributed by atoms with van der Waals surface area (Å²) in [5, 5.41) is 3.49. The lowest BCUT2D eigenvalue weighted by Gasteiger charge is -1.86. The van der Waals surface area contributed by atoms with Gasteiger partial charge < -0.3 is 0 Å². The third kappa shape index (κ3) is 1.85. The van der Waals surface area contributed by atoms with Crippen molar-refractivity contribution in [1.82, 2.24) is 9.78 Å². The molecule has 0 N–H and O–H groups in total. The van der Waals surface area contributed by atoms with E-state index in [1.807, 2.05) is 0 Å². The van der Waals surface area contributed by atoms with Gasteiger partial charge in [0.1, 0.15) is 4.90 Å². The number of aromatic nitrogens is 2. The van der Waals surface area contributed by atoms with Crippen molar-refractivity contribution in [3.8, 4) is 0 Å². The molecule has 0 unspecified atom stereocenters. The van der Waals surface area contributed by atoms with E-state index in [-0.39, 0.29) is 10.0 Å². The van der Waals surface area contributed by atoms with E-state index in [1.54, 1.807) is 7.05 Å². The third-order valence-corrected chi connectivity index (χ3v) is 2.73. The van der Waals surface area contributed by atoms with Gasteiger partial charge in [-0.25, -0.2) is 8.42 Å². The molecule has 11 heavy (non-hydrogen) atoms. The van der Waals surface area contributed by atoms with E-state index >= 15 is 0 Å². The van der Waals surface area contributed by atoms with Crippen LogP contribution in [0.4, 0.5) is 0 Å². The monoisotopic (exact) mass is 214 g/mol. The van der Waals surface area contributed by atoms with Crippen molar-refractivity contribution >= 4 is 31.3 Å². The number of hydrogen-bond donors (Lipinski definition) is 0. The molecular formula is C4H4Cl2N2O2S. The average Bonchev–Trinajstić information content (AvgIpc) is 2.08. The van der Waals surface area contributed by atoms with Gasteiger partial charge in [0.25, 0.3) is 9.05 Å². The zero-order valence-electron chi connectivity index (χ0n) is 5.45. The molecule has 0 saturated carbocycles. The van der Waals surface area contributed by atoms with Crippen molar-refractivity contribution in [2.45, 2.75) is 4.90 Å². The first kappa shape index (κ1) is 8.83. The molecule has 62 valence electrons. The summed E-state index contributed by atoms with van der Waals surface area (Å²) in [6.45, 7) is 0. The molecule has 1 heterocycles. The fraction of sp³-hybridized carbons (Fsp3) is 0.250. The summed E-state index contributed by atoms with van der Waals surface area (Å²) in [6.07, 6.45) is 1.24. The Morgan fingerprint density at radius 3 is 2.36 bits per heavy atom. The number of hydrogen-bond acceptors (Lipinski definition) is 3. The molecule has 0 saturated heterocycles. The van der Waals surface area contributed by atoms with Gasteiger partial charge in [-0.15, -0.1) is 0 Å². The Bertz CT molecular complexity index is 369. The minimum absolute atomic E-state index is 0.109. The van der Waals surface area contributed by atoms with E-state index in [9.17, 15) is 8.42 Å². The Morgan fingerprint density at radius 2 is 2.18 bits per heavy atom. The Kier molecular flexibility index (Phi) is 2.13. The second-order valence-corrected chi connectivity index (χ2v) is 4.79. The fourth-order valence-corrected chi connectivity index (χ4v) is 2.05. The predicted octanol–water partition coefficient (Wildman–Crippen LogP) is 1.00. The summed E-state index contributed by atoms with van der Waals surface area (Å²) in [5.41, 5.74) is 0. The molecule has 0 amide bonds. The largest absolute Gasteiger partial charge is 0.273 e. The quantitative estimate of drug-likeness (QED) is 0.656. The molecule has 1 rings (SSSR count). The average molecular weight is 215 g/mol. The molecule has 0 radical (unpaired) electrons. The number of rotatable bonds is 1. The molecule has 1 aromatic heterocycles. The molecule has 4 nitrogen and oxygen atoms in total. The van der Waals surface area contributed by atoms with Crippen LogP contribution in [-0.2, 0) is 16.1 Å². The molecule has 0 fully saturated rings. The molecule has 0 aliphatic rings. The van der Waals surface area contributed by atoms with Gasteiger partial charge in [-0.2, -0.15) is 5.10 Å². The summed E-state index contributed by atoms with van der Waals surface area (Å²) in [6, 6.07) is 0. The van der Waals surface area contributed by atoms with Crippen LogP contribution >= 0.6 is 22.3 Å². The normalized spacial score (nSPS) is 11.9. The van der Waals surface area contributed by atoms with E-state index in [4.69, 9.17) is 22.3 Å². The van der Waals surface area contributed by atoms with Crippen LogP contribution in [0.15, 0.2) is 11.1 Å². The van der Waals surface area contributed by atoms with Gasteiger partial charge in [-0.05, 0) is 0 Å². The lowest BCUT2D eigenvalue weighted by molar-refractivity contribution is 0.609. The zero-order valence-corrected chi connectivity index (χ0v) is 7.78. The van der Waals surface area contributed by atoms with Crippen LogP contribution in [0.2, 0.25) is 5.15 Å². The lowest BCUT2D eigenvalue weighted by Crippen LogP contribution is -1.88. The first-order valence-electron chi connectivity index (χ1n) is 2.55. The van der Waals surface area contributed by atoms with Crippen LogP contribution in [0.25, 0.3) is 0 Å². The van der Waals surface area contributed by atoms with Gasteiger partial charge in [0.05, 0.1) is 0 Å². The molecule has 0 aliphatic carbocycles. The van der Waals surface area contributed by atoms with Crippen molar-refractivity contribution < 1.29 is 8.42 Å². The van der Waals surface area contributed by atoms with Gasteiger partial charge in [0.2, 0.25) is 0 Å². The first-order valence-corrected chi connectivity index (χ1v) is 5.24. The summed E-state index contributed by atoms with van der Waals surface area (Å²) in [5.74, 6) is 0. The van der Waals surface area contributed by atoms with Crippen LogP contribution < -0.4 is 0 Å². The zero-order chi connectivity index (χ0) is 8.65. The fourth-order valence-electron chi connectivity index (χ4n) is 0.603. The Morgan fingerprint density at radius 1 is 1.64 bits per heavy atom. The van der Waals surface area contributed by atoms with Crippen LogP contribution in [0.1, 0.15) is 0 Å². The maximum atomic E-state index is 10.7. The van der Waals surface area contributed by atoms with Gasteiger partial charge in [-0.1, -0.05) is 11.6 Å². The second kappa shape index (κ2) is 2.66. The maximum absolute atomic E-state index is 10.7. The molecule has 0 aliphatic heterocycles. The molecule has 0 aromatic carbocycles. The van der Waals surface area contributed by atoms with Gasteiger partial charge in [-0.3, -0.25) is 4.68 Å². The summed E-state index contributed by atoms with van der Waals surface area (Å²) in [7, 11) is 2.81. The highest BCUT2D eigenvalue weighted by Gasteiger charge is 2.17. The highest BCUT2D eigenvalue weighted by atomic mass is 35.7. The third-order valence-electron chi connectivity index (χ3n) is 1.02. The van der Waals surface area contributed by atoms with E-state index < -0.39 is 9.05 Å². The van der Waals surface area contributed by atoms with Crippen LogP contribution in [-0.4, -0.2) is 18.2 Å². The summed E-state index contributed by atoms with van der Waals surface area (Å²) >= 11 is 5.43. The van der Waals surface area contributed by atoms with E-state index in [2.05, 4.69) is 5.10 Å². The molecule has 1 aromatic rings. The summed E-state index contributed by atoms with van der Waals surface area (Å²) < 4.78 is 22.7. The van der Waals surface area contributed by atoms with Crippen LogP contribution in [0.5, 0.6) is 0 Å². The van der Waals surface area contributed by atoms with Crippen molar-refractivity contribution in [3.05, 3.63) is 11.3 Å². The Hall–Kier alpha value is -0.260. The minimum atomic E-state index is -3.76. The SMILES string of the molecule is Cn1cc(S(=O)(=O)Cl)c(Cl)n1. The van der Waals surface area contributed by atoms with Crippen LogP contribution in [0.3, 0.4) is 0 Å². The maximum Gasteiger partial charge on any atom is 0.265 e. The second-order valence-electron chi connectivity index (χ2n) is 1.90. The van der Waals surface area contributed by atoms with E-state index in [1.165, 1.54) is 10.9 Å². The molecule has 0 atom stereocenters. The van der Waals surface area contributed by atoms with Crippen molar-refractivity contribution in [2.75, 3.05) is 0 Å². The van der Waals surface area contributed by atoms with E-state index in [0.29, 0.717) is 0 Å². The summed E-state index contributed by atoms with van der Waals surface area (Å²) in [4.78, 5) is -0.164. The molecule has 0 spiro atoms. The number of halogens is 2. The smallest absolute Gasteiger partial charge is 0.265 e. The number of aryl methyl sites for hydroxylation is 1. The van der Waals surface area contributed by atoms with Crippen molar-refractivity contribution in [3.63, 3.8) is 0 Å². The standard InChI is InChI=1S/C4H4Cl2N2O2S/c1-8-2-3(4(5)7-8)11(6,9)10/h2H,1H3. The Labute approximate surface area is 73.1 Å². The number of nitrogens with zero attached hydrogens (tertiary/aromatic N) is 2. The Balaban J connectivity index is 3.36. The first-order chi connectivity index (χ1) is 4.91. The highest BCUT2D eigenvalue weighted by Crippen LogP contribution is 2.21. The molecule has 7 heteroatoms. The highest BCUT2D eigenvalue weighted by molar-refractivity contribution is 8.13. The topological polar surface area (TPSA) is 52.0 Å². The van der Waals surface area contributed by atoms with Gasteiger partial charge in [0.15, 0.2) is 5.15 Å². The molecular weight excluding hydrogens is 211 g/mol. The van der Waals surface area contributed by atoms with Crippen molar-refractivity contribution in [2.24, 2.45) is 7.05 Å². The lowest BCUT2D eigenvalue weighted by atomic mass is 10.7.